The first-order chi connectivity index (χ1) is 45.7. The third kappa shape index (κ3) is 78.1. The first-order valence-electron chi connectivity index (χ1n) is 32.7. The highest BCUT2D eigenvalue weighted by molar-refractivity contribution is 5.78. The first kappa shape index (κ1) is 90.2. The molecule has 0 rings (SSSR count). The molecular weight excluding hydrogens is 1230 g/mol. The van der Waals surface area contributed by atoms with Crippen LogP contribution in [0.3, 0.4) is 0 Å². The zero-order valence-electron chi connectivity index (χ0n) is 57.0. The van der Waals surface area contributed by atoms with Gasteiger partial charge in [0, 0.05) is 20.2 Å². The molecule has 0 spiro atoms. The van der Waals surface area contributed by atoms with Crippen LogP contribution in [-0.4, -0.2) is 366 Å². The monoisotopic (exact) mass is 1360 g/mol. The van der Waals surface area contributed by atoms with Crippen molar-refractivity contribution in [2.24, 2.45) is 0 Å². The van der Waals surface area contributed by atoms with E-state index in [9.17, 15) is 14.4 Å². The molecule has 552 valence electrons. The average Bonchev–Trinajstić information content (AvgIpc) is 3.37. The number of methoxy groups -OCH3 is 1. The number of hydrogen-bond acceptors (Lipinski definition) is 29. The summed E-state index contributed by atoms with van der Waals surface area (Å²) in [5, 5.41) is 0. The SMILES string of the molecule is C=CCOC(=O)CCN(CCC(=O)OC(C)(C)C)C(=O)CCOCCOCCOCCOCCOCCOCCOCCOCCOCCOCCOCCOCCOCCOCCOCCOCCOCCOCCOCCOCCOCCOCCOCCOC. The molecule has 0 saturated carbocycles. The Morgan fingerprint density at radius 3 is 0.645 bits per heavy atom. The molecule has 0 aliphatic carbocycles. The molecule has 0 saturated heterocycles. The van der Waals surface area contributed by atoms with Crippen LogP contribution in [0.1, 0.15) is 40.0 Å². The van der Waals surface area contributed by atoms with Crippen molar-refractivity contribution in [3.8, 4) is 0 Å². The molecule has 0 aromatic rings. The van der Waals surface area contributed by atoms with Gasteiger partial charge in [-0.15, -0.1) is 0 Å². The lowest BCUT2D eigenvalue weighted by atomic mass is 10.2. The van der Waals surface area contributed by atoms with Crippen molar-refractivity contribution >= 4 is 17.8 Å². The predicted octanol–water partition coefficient (Wildman–Crippen LogP) is 2.08. The van der Waals surface area contributed by atoms with Crippen LogP contribution in [0.25, 0.3) is 0 Å². The molecule has 30 heteroatoms. The van der Waals surface area contributed by atoms with Crippen LogP contribution in [0.5, 0.6) is 0 Å². The highest BCUT2D eigenvalue weighted by Crippen LogP contribution is 2.10. The van der Waals surface area contributed by atoms with E-state index in [1.54, 1.807) is 27.9 Å². The number of nitrogens with zero attached hydrogens (tertiary/aromatic N) is 1. The summed E-state index contributed by atoms with van der Waals surface area (Å²) < 4.78 is 142. The van der Waals surface area contributed by atoms with E-state index in [2.05, 4.69) is 6.58 Å². The molecule has 0 aromatic carbocycles. The van der Waals surface area contributed by atoms with Crippen molar-refractivity contribution in [3.05, 3.63) is 12.7 Å². The molecule has 0 atom stereocenters. The second kappa shape index (κ2) is 76.6. The Morgan fingerprint density at radius 1 is 0.280 bits per heavy atom. The van der Waals surface area contributed by atoms with Crippen LogP contribution in [0.2, 0.25) is 0 Å². The summed E-state index contributed by atoms with van der Waals surface area (Å²) in [7, 11) is 1.64. The van der Waals surface area contributed by atoms with E-state index in [1.807, 2.05) is 0 Å². The summed E-state index contributed by atoms with van der Waals surface area (Å²) in [5.74, 6) is -1.13. The van der Waals surface area contributed by atoms with Crippen molar-refractivity contribution in [1.29, 1.82) is 0 Å². The van der Waals surface area contributed by atoms with E-state index < -0.39 is 17.5 Å². The van der Waals surface area contributed by atoms with Gasteiger partial charge in [0.05, 0.1) is 330 Å². The molecule has 0 radical (unpaired) electrons. The average molecular weight is 1360 g/mol. The fourth-order valence-electron chi connectivity index (χ4n) is 6.83. The summed E-state index contributed by atoms with van der Waals surface area (Å²) in [4.78, 5) is 38.4. The Morgan fingerprint density at radius 2 is 0.462 bits per heavy atom. The highest BCUT2D eigenvalue weighted by Gasteiger charge is 2.21. The quantitative estimate of drug-likeness (QED) is 0.0478. The maximum Gasteiger partial charge on any atom is 0.308 e. The first-order valence-corrected chi connectivity index (χ1v) is 32.7. The summed E-state index contributed by atoms with van der Waals surface area (Å²) in [5.41, 5.74) is -0.637. The van der Waals surface area contributed by atoms with Gasteiger partial charge in [-0.05, 0) is 20.8 Å². The number of amides is 1. The van der Waals surface area contributed by atoms with Gasteiger partial charge in [-0.2, -0.15) is 0 Å². The Kier molecular flexibility index (Phi) is 74.2. The number of rotatable bonds is 80. The minimum absolute atomic E-state index is 0.00489. The molecule has 0 bridgehead atoms. The van der Waals surface area contributed by atoms with Gasteiger partial charge < -0.3 is 128 Å². The zero-order valence-corrected chi connectivity index (χ0v) is 57.0. The van der Waals surface area contributed by atoms with E-state index in [0.717, 1.165) is 0 Å². The van der Waals surface area contributed by atoms with Gasteiger partial charge in [0.15, 0.2) is 0 Å². The van der Waals surface area contributed by atoms with Crippen molar-refractivity contribution in [3.63, 3.8) is 0 Å². The van der Waals surface area contributed by atoms with Gasteiger partial charge in [0.1, 0.15) is 12.2 Å². The van der Waals surface area contributed by atoms with E-state index in [0.29, 0.717) is 304 Å². The van der Waals surface area contributed by atoms with Crippen LogP contribution in [0, 0.1) is 0 Å². The number of esters is 2. The molecule has 0 aliphatic rings. The topological polar surface area (TPSA) is 294 Å². The van der Waals surface area contributed by atoms with E-state index in [-0.39, 0.29) is 51.5 Å². The number of carbonyl (C=O) groups excluding carboxylic acids is 3. The molecule has 0 N–H and O–H groups in total. The summed E-state index contributed by atoms with van der Waals surface area (Å²) in [6.07, 6.45) is 1.55. The molecule has 93 heavy (non-hydrogen) atoms. The third-order valence-electron chi connectivity index (χ3n) is 11.4. The smallest absolute Gasteiger partial charge is 0.308 e. The Balaban J connectivity index is 3.26. The maximum atomic E-state index is 12.8. The lowest BCUT2D eigenvalue weighted by molar-refractivity contribution is -0.155. The molecule has 0 aliphatic heterocycles. The fourth-order valence-corrected chi connectivity index (χ4v) is 6.83. The molecule has 0 fully saturated rings. The lowest BCUT2D eigenvalue weighted by Crippen LogP contribution is -2.36. The molecule has 0 heterocycles. The molecule has 30 nitrogen and oxygen atoms in total. The Bertz CT molecular complexity index is 1540. The van der Waals surface area contributed by atoms with E-state index in [4.69, 9.17) is 123 Å². The van der Waals surface area contributed by atoms with Crippen molar-refractivity contribution in [1.82, 2.24) is 4.90 Å². The van der Waals surface area contributed by atoms with E-state index in [1.165, 1.54) is 11.0 Å². The van der Waals surface area contributed by atoms with Crippen LogP contribution >= 0.6 is 0 Å². The summed E-state index contributed by atoms with van der Waals surface area (Å²) in [6, 6.07) is 0. The summed E-state index contributed by atoms with van der Waals surface area (Å²) >= 11 is 0. The molecular formula is C63H121NO29. The van der Waals surface area contributed by atoms with E-state index >= 15 is 0 Å². The van der Waals surface area contributed by atoms with Crippen LogP contribution < -0.4 is 0 Å². The second-order valence-electron chi connectivity index (χ2n) is 20.3. The minimum atomic E-state index is -0.637. The van der Waals surface area contributed by atoms with Crippen molar-refractivity contribution < 1.29 is 138 Å². The van der Waals surface area contributed by atoms with Gasteiger partial charge >= 0.3 is 11.9 Å². The lowest BCUT2D eigenvalue weighted by Gasteiger charge is -2.24. The maximum absolute atomic E-state index is 12.8. The number of hydrogen-bond donors (Lipinski definition) is 0. The molecule has 1 amide bonds. The van der Waals surface area contributed by atoms with Gasteiger partial charge in [0.25, 0.3) is 0 Å². The van der Waals surface area contributed by atoms with Gasteiger partial charge in [-0.25, -0.2) is 0 Å². The van der Waals surface area contributed by atoms with Crippen LogP contribution in [0.4, 0.5) is 0 Å². The minimum Gasteiger partial charge on any atom is -0.461 e. The normalized spacial score (nSPS) is 11.7. The highest BCUT2D eigenvalue weighted by atomic mass is 16.6. The zero-order chi connectivity index (χ0) is 67.4. The second-order valence-corrected chi connectivity index (χ2v) is 20.3. The Hall–Kier alpha value is -2.81. The number of ether oxygens (including phenoxy) is 26. The van der Waals surface area contributed by atoms with Crippen LogP contribution in [-0.2, 0) is 138 Å². The molecule has 0 aromatic heterocycles. The van der Waals surface area contributed by atoms with Crippen LogP contribution in [0.15, 0.2) is 12.7 Å². The van der Waals surface area contributed by atoms with Gasteiger partial charge in [-0.3, -0.25) is 14.4 Å². The van der Waals surface area contributed by atoms with Crippen molar-refractivity contribution in [2.45, 2.75) is 45.6 Å². The number of carbonyl (C=O) groups is 3. The van der Waals surface area contributed by atoms with Gasteiger partial charge in [-0.1, -0.05) is 12.7 Å². The predicted molar refractivity (Wildman–Crippen MR) is 338 cm³/mol. The summed E-state index contributed by atoms with van der Waals surface area (Å²) in [6.45, 7) is 31.0. The third-order valence-corrected chi connectivity index (χ3v) is 11.4. The fraction of sp³-hybridized carbons (Fsp3) is 0.921. The standard InChI is InChI=1S/C63H121NO29/c1-6-12-92-61(66)7-10-64(11-8-62(67)93-63(2,3)4)60(65)9-13-69-16-17-71-20-21-73-24-25-75-28-29-77-32-33-79-36-37-81-40-41-83-44-45-85-48-49-87-52-53-89-56-57-91-59-58-90-55-54-88-51-50-86-47-46-84-43-42-82-39-38-80-35-34-78-31-30-76-27-26-74-23-22-72-19-18-70-15-14-68-5/h6H,1,7-59H2,2-5H3. The van der Waals surface area contributed by atoms with Gasteiger partial charge in [0.2, 0.25) is 5.91 Å². The Labute approximate surface area is 554 Å². The largest absolute Gasteiger partial charge is 0.461 e. The van der Waals surface area contributed by atoms with Crippen molar-refractivity contribution in [2.75, 3.05) is 337 Å². The molecule has 0 unspecified atom stereocenters.